The molecule has 0 radical (unpaired) electrons. The predicted molar refractivity (Wildman–Crippen MR) is 70.0 cm³/mol. The molecule has 1 unspecified atom stereocenters. The zero-order valence-electron chi connectivity index (χ0n) is 12.0. The Kier molecular flexibility index (Phi) is 3.85. The highest BCUT2D eigenvalue weighted by molar-refractivity contribution is 5.89. The lowest BCUT2D eigenvalue weighted by Crippen LogP contribution is -2.40. The minimum Gasteiger partial charge on any atom is -0.444 e. The van der Waals surface area contributed by atoms with Crippen LogP contribution >= 0.6 is 0 Å². The second kappa shape index (κ2) is 5.12. The molecule has 5 heteroatoms. The van der Waals surface area contributed by atoms with Crippen LogP contribution in [0.15, 0.2) is 0 Å². The summed E-state index contributed by atoms with van der Waals surface area (Å²) in [7, 11) is 0. The highest BCUT2D eigenvalue weighted by Gasteiger charge is 2.44. The summed E-state index contributed by atoms with van der Waals surface area (Å²) in [5, 5.41) is 0. The van der Waals surface area contributed by atoms with Crippen LogP contribution in [0.5, 0.6) is 0 Å². The lowest BCUT2D eigenvalue weighted by Gasteiger charge is -2.27. The van der Waals surface area contributed by atoms with E-state index in [1.807, 2.05) is 20.8 Å². The summed E-state index contributed by atoms with van der Waals surface area (Å²) in [6, 6.07) is 0. The van der Waals surface area contributed by atoms with Gasteiger partial charge in [0.05, 0.1) is 6.61 Å². The maximum atomic E-state index is 12.0. The van der Waals surface area contributed by atoms with Crippen LogP contribution in [0.1, 0.15) is 46.5 Å². The Balaban J connectivity index is 1.97. The van der Waals surface area contributed by atoms with Gasteiger partial charge in [-0.3, -0.25) is 4.79 Å². The van der Waals surface area contributed by atoms with Crippen molar-refractivity contribution in [3.8, 4) is 0 Å². The van der Waals surface area contributed by atoms with Gasteiger partial charge in [-0.25, -0.2) is 4.79 Å². The Morgan fingerprint density at radius 1 is 1.32 bits per heavy atom. The number of ketones is 1. The largest absolute Gasteiger partial charge is 0.444 e. The number of rotatable bonds is 0. The van der Waals surface area contributed by atoms with Crippen LogP contribution in [0.2, 0.25) is 0 Å². The van der Waals surface area contributed by atoms with Gasteiger partial charge in [0.15, 0.2) is 5.78 Å². The molecule has 1 amide bonds. The van der Waals surface area contributed by atoms with Crippen molar-refractivity contribution >= 4 is 11.9 Å². The van der Waals surface area contributed by atoms with Gasteiger partial charge in [0.1, 0.15) is 11.2 Å². The molecule has 0 saturated carbocycles. The van der Waals surface area contributed by atoms with Gasteiger partial charge < -0.3 is 14.4 Å². The van der Waals surface area contributed by atoms with E-state index in [1.54, 1.807) is 4.90 Å². The summed E-state index contributed by atoms with van der Waals surface area (Å²) in [5.41, 5.74) is -1.11. The topological polar surface area (TPSA) is 55.8 Å². The van der Waals surface area contributed by atoms with Gasteiger partial charge in [0.25, 0.3) is 0 Å². The molecule has 2 rings (SSSR count). The highest BCUT2D eigenvalue weighted by atomic mass is 16.6. The number of Topliss-reactive ketones (excluding diaryl/α,β-unsaturated/α-hetero) is 1. The Labute approximate surface area is 114 Å². The fourth-order valence-electron chi connectivity index (χ4n) is 2.69. The van der Waals surface area contributed by atoms with E-state index in [0.29, 0.717) is 39.0 Å². The minimum absolute atomic E-state index is 0.193. The molecular weight excluding hydrogens is 246 g/mol. The first-order valence-electron chi connectivity index (χ1n) is 6.98. The van der Waals surface area contributed by atoms with Crippen LogP contribution in [0.25, 0.3) is 0 Å². The van der Waals surface area contributed by atoms with Gasteiger partial charge in [0.2, 0.25) is 0 Å². The molecular formula is C14H23NO4. The SMILES string of the molecule is CC(C)(C)OC(=O)N1CCCC2(CC1)OCCC2=O. The third-order valence-electron chi connectivity index (χ3n) is 3.66. The Morgan fingerprint density at radius 2 is 2.05 bits per heavy atom. The van der Waals surface area contributed by atoms with E-state index >= 15 is 0 Å². The van der Waals surface area contributed by atoms with Crippen molar-refractivity contribution in [3.63, 3.8) is 0 Å². The Hall–Kier alpha value is -1.10. The van der Waals surface area contributed by atoms with Crippen LogP contribution < -0.4 is 0 Å². The van der Waals surface area contributed by atoms with Crippen molar-refractivity contribution in [2.24, 2.45) is 0 Å². The number of likely N-dealkylation sites (tertiary alicyclic amines) is 1. The summed E-state index contributed by atoms with van der Waals surface area (Å²) >= 11 is 0. The molecule has 0 aliphatic carbocycles. The second-order valence-electron chi connectivity index (χ2n) is 6.34. The minimum atomic E-state index is -0.628. The quantitative estimate of drug-likeness (QED) is 0.676. The third kappa shape index (κ3) is 3.26. The molecule has 2 aliphatic rings. The molecule has 2 heterocycles. The van der Waals surface area contributed by atoms with Crippen molar-refractivity contribution < 1.29 is 19.1 Å². The highest BCUT2D eigenvalue weighted by Crippen LogP contribution is 2.33. The summed E-state index contributed by atoms with van der Waals surface area (Å²) in [6.45, 7) is 7.24. The van der Waals surface area contributed by atoms with Gasteiger partial charge in [-0.05, 0) is 33.6 Å². The van der Waals surface area contributed by atoms with Crippen LogP contribution in [0.4, 0.5) is 4.79 Å². The molecule has 2 fully saturated rings. The number of ether oxygens (including phenoxy) is 2. The Morgan fingerprint density at radius 3 is 2.63 bits per heavy atom. The van der Waals surface area contributed by atoms with Crippen molar-refractivity contribution in [1.82, 2.24) is 4.90 Å². The lowest BCUT2D eigenvalue weighted by atomic mass is 9.90. The predicted octanol–water partition coefficient (Wildman–Crippen LogP) is 2.14. The molecule has 19 heavy (non-hydrogen) atoms. The first-order valence-corrected chi connectivity index (χ1v) is 6.98. The number of hydrogen-bond acceptors (Lipinski definition) is 4. The summed E-state index contributed by atoms with van der Waals surface area (Å²) in [4.78, 5) is 25.7. The van der Waals surface area contributed by atoms with Crippen LogP contribution in [0, 0.1) is 0 Å². The summed E-state index contributed by atoms with van der Waals surface area (Å²) in [6.07, 6.45) is 2.29. The molecule has 0 N–H and O–H groups in total. The maximum Gasteiger partial charge on any atom is 0.410 e. The standard InChI is InChI=1S/C14H23NO4/c1-13(2,3)19-12(17)15-8-4-6-14(7-9-15)11(16)5-10-18-14/h4-10H2,1-3H3. The van der Waals surface area contributed by atoms with E-state index in [2.05, 4.69) is 0 Å². The molecule has 108 valence electrons. The monoisotopic (exact) mass is 269 g/mol. The maximum absolute atomic E-state index is 12.0. The van der Waals surface area contributed by atoms with Gasteiger partial charge in [-0.2, -0.15) is 0 Å². The Bertz CT molecular complexity index is 374. The fourth-order valence-corrected chi connectivity index (χ4v) is 2.69. The summed E-state index contributed by atoms with van der Waals surface area (Å²) < 4.78 is 11.0. The average molecular weight is 269 g/mol. The number of nitrogens with zero attached hydrogens (tertiary/aromatic N) is 1. The van der Waals surface area contributed by atoms with E-state index in [1.165, 1.54) is 0 Å². The smallest absolute Gasteiger partial charge is 0.410 e. The van der Waals surface area contributed by atoms with E-state index in [-0.39, 0.29) is 11.9 Å². The summed E-state index contributed by atoms with van der Waals surface area (Å²) in [5.74, 6) is 0.193. The number of carbonyl (C=O) groups excluding carboxylic acids is 2. The molecule has 0 aromatic rings. The first-order chi connectivity index (χ1) is 8.82. The van der Waals surface area contributed by atoms with Crippen molar-refractivity contribution in [2.45, 2.75) is 57.7 Å². The molecule has 0 aromatic heterocycles. The lowest BCUT2D eigenvalue weighted by molar-refractivity contribution is -0.132. The third-order valence-corrected chi connectivity index (χ3v) is 3.66. The molecule has 0 bridgehead atoms. The van der Waals surface area contributed by atoms with E-state index < -0.39 is 11.2 Å². The van der Waals surface area contributed by atoms with Gasteiger partial charge in [-0.1, -0.05) is 0 Å². The van der Waals surface area contributed by atoms with Crippen LogP contribution in [-0.2, 0) is 14.3 Å². The molecule has 2 aliphatic heterocycles. The molecule has 0 aromatic carbocycles. The number of hydrogen-bond donors (Lipinski definition) is 0. The molecule has 1 atom stereocenters. The van der Waals surface area contributed by atoms with Crippen molar-refractivity contribution in [2.75, 3.05) is 19.7 Å². The molecule has 2 saturated heterocycles. The van der Waals surface area contributed by atoms with Crippen molar-refractivity contribution in [1.29, 1.82) is 0 Å². The van der Waals surface area contributed by atoms with Gasteiger partial charge in [0, 0.05) is 25.9 Å². The number of carbonyl (C=O) groups is 2. The molecule has 1 spiro atoms. The van der Waals surface area contributed by atoms with Crippen LogP contribution in [0.3, 0.4) is 0 Å². The van der Waals surface area contributed by atoms with Gasteiger partial charge >= 0.3 is 6.09 Å². The second-order valence-corrected chi connectivity index (χ2v) is 6.34. The van der Waals surface area contributed by atoms with Gasteiger partial charge in [-0.15, -0.1) is 0 Å². The van der Waals surface area contributed by atoms with E-state index in [0.717, 1.165) is 6.42 Å². The fraction of sp³-hybridized carbons (Fsp3) is 0.857. The van der Waals surface area contributed by atoms with E-state index in [4.69, 9.17) is 9.47 Å². The average Bonchev–Trinajstić information content (AvgIpc) is 2.52. The zero-order valence-corrected chi connectivity index (χ0v) is 12.0. The number of amides is 1. The van der Waals surface area contributed by atoms with E-state index in [9.17, 15) is 9.59 Å². The van der Waals surface area contributed by atoms with Crippen LogP contribution in [-0.4, -0.2) is 47.7 Å². The van der Waals surface area contributed by atoms with Crippen molar-refractivity contribution in [3.05, 3.63) is 0 Å². The first kappa shape index (κ1) is 14.3. The molecule has 5 nitrogen and oxygen atoms in total. The zero-order chi connectivity index (χ0) is 14.1. The normalized spacial score (nSPS) is 28.6.